The highest BCUT2D eigenvalue weighted by Gasteiger charge is 2.36. The molecule has 23 heavy (non-hydrogen) atoms. The van der Waals surface area contributed by atoms with Crippen LogP contribution in [0.1, 0.15) is 37.0 Å². The summed E-state index contributed by atoms with van der Waals surface area (Å²) < 4.78 is 0. The van der Waals surface area contributed by atoms with Gasteiger partial charge in [-0.25, -0.2) is 4.98 Å². The Bertz CT molecular complexity index is 552. The van der Waals surface area contributed by atoms with Crippen molar-refractivity contribution >= 4 is 17.6 Å². The summed E-state index contributed by atoms with van der Waals surface area (Å²) in [7, 11) is 3.81. The number of amides is 2. The monoisotopic (exact) mass is 318 g/mol. The summed E-state index contributed by atoms with van der Waals surface area (Å²) >= 11 is 0. The van der Waals surface area contributed by atoms with E-state index in [9.17, 15) is 9.59 Å². The third kappa shape index (κ3) is 3.63. The Morgan fingerprint density at radius 3 is 2.48 bits per heavy atom. The molecule has 0 unspecified atom stereocenters. The Labute approximate surface area is 138 Å². The van der Waals surface area contributed by atoms with E-state index >= 15 is 0 Å². The lowest BCUT2D eigenvalue weighted by molar-refractivity contribution is -0.134. The van der Waals surface area contributed by atoms with Gasteiger partial charge in [0.15, 0.2) is 0 Å². The van der Waals surface area contributed by atoms with E-state index in [1.54, 1.807) is 22.1 Å². The predicted molar refractivity (Wildman–Crippen MR) is 90.6 cm³/mol. The predicted octanol–water partition coefficient (Wildman–Crippen LogP) is 1.62. The molecule has 0 bridgehead atoms. The Kier molecular flexibility index (Phi) is 5.58. The molecular weight excluding hydrogens is 292 g/mol. The first-order valence-electron chi connectivity index (χ1n) is 8.22. The third-order valence-corrected chi connectivity index (χ3v) is 4.33. The number of hydrogen-bond donors (Lipinski definition) is 0. The van der Waals surface area contributed by atoms with E-state index in [0.29, 0.717) is 25.2 Å². The molecule has 6 heteroatoms. The molecule has 1 aliphatic rings. The smallest absolute Gasteiger partial charge is 0.256 e. The number of rotatable bonds is 5. The molecule has 0 saturated carbocycles. The maximum atomic E-state index is 12.7. The highest BCUT2D eigenvalue weighted by molar-refractivity contribution is 5.97. The van der Waals surface area contributed by atoms with Crippen LogP contribution in [0, 0.1) is 0 Å². The molecule has 2 amide bonds. The second-order valence-electron chi connectivity index (χ2n) is 5.97. The maximum Gasteiger partial charge on any atom is 0.256 e. The van der Waals surface area contributed by atoms with E-state index in [4.69, 9.17) is 0 Å². The lowest BCUT2D eigenvalue weighted by atomic mass is 10.1. The number of hydrogen-bond acceptors (Lipinski definition) is 4. The van der Waals surface area contributed by atoms with Gasteiger partial charge < -0.3 is 14.7 Å². The van der Waals surface area contributed by atoms with Crippen LogP contribution in [0.15, 0.2) is 18.3 Å². The fourth-order valence-corrected chi connectivity index (χ4v) is 2.96. The number of aromatic nitrogens is 1. The molecule has 6 nitrogen and oxygen atoms in total. The van der Waals surface area contributed by atoms with Gasteiger partial charge in [-0.15, -0.1) is 0 Å². The summed E-state index contributed by atoms with van der Waals surface area (Å²) in [6, 6.07) is 3.27. The Morgan fingerprint density at radius 1 is 1.26 bits per heavy atom. The van der Waals surface area contributed by atoms with E-state index in [1.165, 1.54) is 0 Å². The van der Waals surface area contributed by atoms with E-state index in [-0.39, 0.29) is 17.9 Å². The normalized spacial score (nSPS) is 17.2. The molecule has 1 fully saturated rings. The van der Waals surface area contributed by atoms with Gasteiger partial charge in [0.2, 0.25) is 5.91 Å². The molecule has 0 radical (unpaired) electrons. The van der Waals surface area contributed by atoms with Gasteiger partial charge in [-0.05, 0) is 38.8 Å². The summed E-state index contributed by atoms with van der Waals surface area (Å²) in [5.74, 6) is 0.753. The second kappa shape index (κ2) is 7.44. The topological polar surface area (TPSA) is 56.8 Å². The molecule has 1 atom stereocenters. The summed E-state index contributed by atoms with van der Waals surface area (Å²) in [4.78, 5) is 35.0. The van der Waals surface area contributed by atoms with Gasteiger partial charge in [-0.2, -0.15) is 0 Å². The van der Waals surface area contributed by atoms with Gasteiger partial charge in [0.25, 0.3) is 5.91 Å². The highest BCUT2D eigenvalue weighted by atomic mass is 16.2. The van der Waals surface area contributed by atoms with Crippen LogP contribution in [0.2, 0.25) is 0 Å². The summed E-state index contributed by atoms with van der Waals surface area (Å²) in [5, 5.41) is 0. The van der Waals surface area contributed by atoms with E-state index in [1.807, 2.05) is 38.9 Å². The highest BCUT2D eigenvalue weighted by Crippen LogP contribution is 2.22. The lowest BCUT2D eigenvalue weighted by Crippen LogP contribution is -2.47. The van der Waals surface area contributed by atoms with Crippen LogP contribution in [0.5, 0.6) is 0 Å². The fourth-order valence-electron chi connectivity index (χ4n) is 2.96. The first kappa shape index (κ1) is 17.2. The minimum absolute atomic E-state index is 0.0544. The van der Waals surface area contributed by atoms with Crippen molar-refractivity contribution in [3.05, 3.63) is 23.9 Å². The minimum Gasteiger partial charge on any atom is -0.363 e. The average molecular weight is 318 g/mol. The fraction of sp³-hybridized carbons (Fsp3) is 0.588. The van der Waals surface area contributed by atoms with Crippen LogP contribution in [-0.4, -0.2) is 66.4 Å². The van der Waals surface area contributed by atoms with E-state index in [0.717, 1.165) is 18.7 Å². The summed E-state index contributed by atoms with van der Waals surface area (Å²) in [6.07, 6.45) is 3.20. The molecule has 0 aliphatic carbocycles. The van der Waals surface area contributed by atoms with Crippen molar-refractivity contribution in [1.82, 2.24) is 14.8 Å². The van der Waals surface area contributed by atoms with Gasteiger partial charge in [0.05, 0.1) is 5.56 Å². The van der Waals surface area contributed by atoms with Crippen molar-refractivity contribution in [2.24, 2.45) is 0 Å². The van der Waals surface area contributed by atoms with Gasteiger partial charge >= 0.3 is 0 Å². The van der Waals surface area contributed by atoms with Crippen LogP contribution in [0.4, 0.5) is 5.82 Å². The number of carbonyl (C=O) groups is 2. The van der Waals surface area contributed by atoms with Crippen molar-refractivity contribution in [1.29, 1.82) is 0 Å². The zero-order chi connectivity index (χ0) is 17.0. The minimum atomic E-state index is -0.337. The van der Waals surface area contributed by atoms with Crippen LogP contribution >= 0.6 is 0 Å². The maximum absolute atomic E-state index is 12.7. The zero-order valence-corrected chi connectivity index (χ0v) is 14.5. The lowest BCUT2D eigenvalue weighted by Gasteiger charge is -2.29. The number of likely N-dealkylation sites (N-methyl/N-ethyl adjacent to an activating group) is 1. The molecule has 1 aliphatic heterocycles. The number of nitrogens with zero attached hydrogens (tertiary/aromatic N) is 4. The largest absolute Gasteiger partial charge is 0.363 e. The Hall–Kier alpha value is -2.11. The first-order valence-corrected chi connectivity index (χ1v) is 8.22. The Morgan fingerprint density at radius 2 is 1.96 bits per heavy atom. The zero-order valence-electron chi connectivity index (χ0n) is 14.5. The molecule has 2 heterocycles. The first-order chi connectivity index (χ1) is 11.0. The second-order valence-corrected chi connectivity index (χ2v) is 5.97. The molecule has 0 aromatic carbocycles. The van der Waals surface area contributed by atoms with Gasteiger partial charge in [0.1, 0.15) is 11.9 Å². The molecule has 0 spiro atoms. The quantitative estimate of drug-likeness (QED) is 0.828. The molecule has 1 aromatic rings. The van der Waals surface area contributed by atoms with Crippen LogP contribution in [0.3, 0.4) is 0 Å². The van der Waals surface area contributed by atoms with Crippen molar-refractivity contribution in [2.45, 2.75) is 32.7 Å². The number of likely N-dealkylation sites (tertiary alicyclic amines) is 1. The number of pyridine rings is 1. The van der Waals surface area contributed by atoms with Crippen molar-refractivity contribution < 1.29 is 9.59 Å². The van der Waals surface area contributed by atoms with E-state index < -0.39 is 0 Å². The van der Waals surface area contributed by atoms with Crippen LogP contribution in [0.25, 0.3) is 0 Å². The SMILES string of the molecule is CCN(CC)C(=O)[C@@H]1CCCN1C(=O)c1ccc(N(C)C)nc1. The Balaban J connectivity index is 2.15. The van der Waals surface area contributed by atoms with Crippen LogP contribution < -0.4 is 4.90 Å². The van der Waals surface area contributed by atoms with Gasteiger partial charge in [0, 0.05) is 39.9 Å². The molecule has 1 aromatic heterocycles. The number of anilines is 1. The molecule has 2 rings (SSSR count). The summed E-state index contributed by atoms with van der Waals surface area (Å²) in [6.45, 7) is 5.91. The van der Waals surface area contributed by atoms with Gasteiger partial charge in [-0.3, -0.25) is 9.59 Å². The van der Waals surface area contributed by atoms with Crippen LogP contribution in [-0.2, 0) is 4.79 Å². The molecule has 126 valence electrons. The third-order valence-electron chi connectivity index (χ3n) is 4.33. The summed E-state index contributed by atoms with van der Waals surface area (Å²) in [5.41, 5.74) is 0.537. The number of carbonyl (C=O) groups excluding carboxylic acids is 2. The van der Waals surface area contributed by atoms with Gasteiger partial charge in [-0.1, -0.05) is 0 Å². The van der Waals surface area contributed by atoms with Crippen molar-refractivity contribution in [3.63, 3.8) is 0 Å². The molecule has 1 saturated heterocycles. The van der Waals surface area contributed by atoms with E-state index in [2.05, 4.69) is 4.98 Å². The standard InChI is InChI=1S/C17H26N4O2/c1-5-20(6-2)17(23)14-8-7-11-21(14)16(22)13-9-10-15(18-12-13)19(3)4/h9-10,12,14H,5-8,11H2,1-4H3/t14-/m0/s1. The van der Waals surface area contributed by atoms with Crippen molar-refractivity contribution in [2.75, 3.05) is 38.6 Å². The average Bonchev–Trinajstić information content (AvgIpc) is 3.04. The van der Waals surface area contributed by atoms with Crippen molar-refractivity contribution in [3.8, 4) is 0 Å². The molecule has 0 N–H and O–H groups in total. The molecular formula is C17H26N4O2.